The Bertz CT molecular complexity index is 402. The number of nitrogens with two attached hydrogens (primary N) is 1. The van der Waals surface area contributed by atoms with E-state index < -0.39 is 0 Å². The standard InChI is InChI=1S/C13H18N2O/c1-9-4-3-5-10(2)11(9)12(16)15-13(8-14)6-7-13/h3-5H,6-8,14H2,1-2H3,(H,15,16). The minimum atomic E-state index is -0.119. The molecule has 1 aliphatic rings. The quantitative estimate of drug-likeness (QED) is 0.808. The van der Waals surface area contributed by atoms with Crippen LogP contribution in [0, 0.1) is 13.8 Å². The molecule has 0 heterocycles. The van der Waals surface area contributed by atoms with Gasteiger partial charge < -0.3 is 11.1 Å². The Morgan fingerprint density at radius 1 is 1.38 bits per heavy atom. The van der Waals surface area contributed by atoms with Crippen LogP contribution in [0.15, 0.2) is 18.2 Å². The Morgan fingerprint density at radius 2 is 1.94 bits per heavy atom. The zero-order valence-corrected chi connectivity index (χ0v) is 9.84. The maximum Gasteiger partial charge on any atom is 0.252 e. The highest BCUT2D eigenvalue weighted by Crippen LogP contribution is 2.34. The smallest absolute Gasteiger partial charge is 0.252 e. The van der Waals surface area contributed by atoms with Gasteiger partial charge in [0.25, 0.3) is 5.91 Å². The van der Waals surface area contributed by atoms with Crippen molar-refractivity contribution in [2.45, 2.75) is 32.2 Å². The van der Waals surface area contributed by atoms with Crippen LogP contribution in [0.3, 0.4) is 0 Å². The number of aryl methyl sites for hydroxylation is 2. The van der Waals surface area contributed by atoms with Crippen molar-refractivity contribution in [2.75, 3.05) is 6.54 Å². The lowest BCUT2D eigenvalue weighted by atomic mass is 10.0. The number of rotatable bonds is 3. The second-order valence-corrected chi connectivity index (χ2v) is 4.71. The predicted molar refractivity (Wildman–Crippen MR) is 64.4 cm³/mol. The normalized spacial score (nSPS) is 16.9. The molecule has 0 aliphatic heterocycles. The second-order valence-electron chi connectivity index (χ2n) is 4.71. The average molecular weight is 218 g/mol. The first-order valence-electron chi connectivity index (χ1n) is 5.67. The number of carbonyl (C=O) groups excluding carboxylic acids is 1. The summed E-state index contributed by atoms with van der Waals surface area (Å²) >= 11 is 0. The van der Waals surface area contributed by atoms with Gasteiger partial charge in [0.2, 0.25) is 0 Å². The summed E-state index contributed by atoms with van der Waals surface area (Å²) < 4.78 is 0. The summed E-state index contributed by atoms with van der Waals surface area (Å²) in [5.41, 5.74) is 8.37. The van der Waals surface area contributed by atoms with Gasteiger partial charge in [0.1, 0.15) is 0 Å². The van der Waals surface area contributed by atoms with Crippen LogP contribution in [-0.4, -0.2) is 18.0 Å². The Morgan fingerprint density at radius 3 is 2.38 bits per heavy atom. The van der Waals surface area contributed by atoms with E-state index in [9.17, 15) is 4.79 Å². The van der Waals surface area contributed by atoms with Gasteiger partial charge in [0.05, 0.1) is 5.54 Å². The van der Waals surface area contributed by atoms with Gasteiger partial charge in [-0.3, -0.25) is 4.79 Å². The maximum absolute atomic E-state index is 12.1. The number of amides is 1. The van der Waals surface area contributed by atoms with E-state index >= 15 is 0 Å². The number of nitrogens with one attached hydrogen (secondary N) is 1. The van der Waals surface area contributed by atoms with Gasteiger partial charge in [-0.25, -0.2) is 0 Å². The fourth-order valence-corrected chi connectivity index (χ4v) is 2.01. The molecule has 0 aromatic heterocycles. The molecule has 0 bridgehead atoms. The third kappa shape index (κ3) is 1.95. The van der Waals surface area contributed by atoms with Crippen molar-refractivity contribution < 1.29 is 4.79 Å². The first kappa shape index (κ1) is 11.1. The van der Waals surface area contributed by atoms with E-state index in [-0.39, 0.29) is 11.4 Å². The molecule has 2 rings (SSSR count). The summed E-state index contributed by atoms with van der Waals surface area (Å²) in [6.45, 7) is 4.46. The Kier molecular flexibility index (Phi) is 2.72. The molecule has 3 nitrogen and oxygen atoms in total. The molecule has 0 atom stereocenters. The van der Waals surface area contributed by atoms with Gasteiger partial charge in [-0.2, -0.15) is 0 Å². The van der Waals surface area contributed by atoms with E-state index in [1.165, 1.54) is 0 Å². The number of benzene rings is 1. The number of carbonyl (C=O) groups is 1. The molecule has 1 aromatic carbocycles. The van der Waals surface area contributed by atoms with Gasteiger partial charge in [0.15, 0.2) is 0 Å². The molecule has 0 spiro atoms. The first-order chi connectivity index (χ1) is 7.58. The molecule has 0 saturated heterocycles. The van der Waals surface area contributed by atoms with Crippen LogP contribution >= 0.6 is 0 Å². The lowest BCUT2D eigenvalue weighted by Crippen LogP contribution is -2.42. The number of hydrogen-bond acceptors (Lipinski definition) is 2. The van der Waals surface area contributed by atoms with E-state index in [4.69, 9.17) is 5.73 Å². The van der Waals surface area contributed by atoms with Crippen molar-refractivity contribution in [2.24, 2.45) is 5.73 Å². The lowest BCUT2D eigenvalue weighted by Gasteiger charge is -2.17. The highest BCUT2D eigenvalue weighted by atomic mass is 16.1. The minimum Gasteiger partial charge on any atom is -0.345 e. The van der Waals surface area contributed by atoms with E-state index in [1.54, 1.807) is 0 Å². The van der Waals surface area contributed by atoms with Crippen molar-refractivity contribution in [3.05, 3.63) is 34.9 Å². The van der Waals surface area contributed by atoms with Crippen LogP contribution in [0.4, 0.5) is 0 Å². The molecule has 0 unspecified atom stereocenters. The SMILES string of the molecule is Cc1cccc(C)c1C(=O)NC1(CN)CC1. The van der Waals surface area contributed by atoms with Gasteiger partial charge in [0, 0.05) is 12.1 Å². The van der Waals surface area contributed by atoms with Gasteiger partial charge >= 0.3 is 0 Å². The van der Waals surface area contributed by atoms with Crippen LogP contribution in [0.25, 0.3) is 0 Å². The summed E-state index contributed by atoms with van der Waals surface area (Å²) in [6.07, 6.45) is 2.00. The summed E-state index contributed by atoms with van der Waals surface area (Å²) in [5.74, 6) is 0.0125. The van der Waals surface area contributed by atoms with Crippen molar-refractivity contribution in [1.82, 2.24) is 5.32 Å². The highest BCUT2D eigenvalue weighted by Gasteiger charge is 2.42. The molecule has 86 valence electrons. The first-order valence-corrected chi connectivity index (χ1v) is 5.67. The van der Waals surface area contributed by atoms with Crippen LogP contribution in [0.5, 0.6) is 0 Å². The molecule has 1 amide bonds. The summed E-state index contributed by atoms with van der Waals surface area (Å²) in [6, 6.07) is 5.89. The summed E-state index contributed by atoms with van der Waals surface area (Å²) in [4.78, 5) is 12.1. The second kappa shape index (κ2) is 3.91. The van der Waals surface area contributed by atoms with Crippen molar-refractivity contribution in [3.8, 4) is 0 Å². The lowest BCUT2D eigenvalue weighted by molar-refractivity contribution is 0.0932. The molecule has 1 fully saturated rings. The molecule has 1 aliphatic carbocycles. The third-order valence-corrected chi connectivity index (χ3v) is 3.33. The fourth-order valence-electron chi connectivity index (χ4n) is 2.01. The number of hydrogen-bond donors (Lipinski definition) is 2. The van der Waals surface area contributed by atoms with Crippen LogP contribution in [0.1, 0.15) is 34.3 Å². The van der Waals surface area contributed by atoms with Crippen LogP contribution in [0.2, 0.25) is 0 Å². The Balaban J connectivity index is 2.21. The molecule has 1 aromatic rings. The third-order valence-electron chi connectivity index (χ3n) is 3.33. The maximum atomic E-state index is 12.1. The zero-order valence-electron chi connectivity index (χ0n) is 9.84. The molecule has 16 heavy (non-hydrogen) atoms. The van der Waals surface area contributed by atoms with E-state index in [1.807, 2.05) is 32.0 Å². The van der Waals surface area contributed by atoms with E-state index in [0.717, 1.165) is 29.5 Å². The van der Waals surface area contributed by atoms with E-state index in [2.05, 4.69) is 5.32 Å². The highest BCUT2D eigenvalue weighted by molar-refractivity contribution is 5.97. The molecular weight excluding hydrogens is 200 g/mol. The largest absolute Gasteiger partial charge is 0.345 e. The van der Waals surface area contributed by atoms with Gasteiger partial charge in [-0.05, 0) is 37.8 Å². The summed E-state index contributed by atoms with van der Waals surface area (Å²) in [5, 5.41) is 3.05. The van der Waals surface area contributed by atoms with Crippen molar-refractivity contribution in [1.29, 1.82) is 0 Å². The Hall–Kier alpha value is -1.35. The van der Waals surface area contributed by atoms with Crippen molar-refractivity contribution in [3.63, 3.8) is 0 Å². The molecular formula is C13H18N2O. The summed E-state index contributed by atoms with van der Waals surface area (Å²) in [7, 11) is 0. The minimum absolute atomic E-state index is 0.0125. The predicted octanol–water partition coefficient (Wildman–Crippen LogP) is 1.52. The van der Waals surface area contributed by atoms with Crippen LogP contribution in [-0.2, 0) is 0 Å². The van der Waals surface area contributed by atoms with E-state index in [0.29, 0.717) is 6.54 Å². The van der Waals surface area contributed by atoms with Crippen LogP contribution < -0.4 is 11.1 Å². The van der Waals surface area contributed by atoms with Crippen molar-refractivity contribution >= 4 is 5.91 Å². The van der Waals surface area contributed by atoms with Gasteiger partial charge in [-0.1, -0.05) is 18.2 Å². The molecule has 3 N–H and O–H groups in total. The fraction of sp³-hybridized carbons (Fsp3) is 0.462. The topological polar surface area (TPSA) is 55.1 Å². The Labute approximate surface area is 96.0 Å². The molecule has 1 saturated carbocycles. The van der Waals surface area contributed by atoms with Gasteiger partial charge in [-0.15, -0.1) is 0 Å². The zero-order chi connectivity index (χ0) is 11.8. The average Bonchev–Trinajstić information content (AvgIpc) is 2.98. The monoisotopic (exact) mass is 218 g/mol. The molecule has 3 heteroatoms. The molecule has 0 radical (unpaired) electrons.